The second kappa shape index (κ2) is 9.64. The summed E-state index contributed by atoms with van der Waals surface area (Å²) in [6, 6.07) is 5.96. The minimum atomic E-state index is -4.62. The van der Waals surface area contributed by atoms with Gasteiger partial charge in [-0.1, -0.05) is 6.07 Å². The number of hydrogen-bond donors (Lipinski definition) is 1. The number of rotatable bonds is 7. The molecule has 3 aromatic rings. The van der Waals surface area contributed by atoms with Crippen LogP contribution in [0.5, 0.6) is 0 Å². The van der Waals surface area contributed by atoms with Crippen LogP contribution in [0.3, 0.4) is 0 Å². The Labute approximate surface area is 186 Å². The molecule has 0 spiro atoms. The fourth-order valence-corrected chi connectivity index (χ4v) is 3.23. The number of alkyl halides is 3. The van der Waals surface area contributed by atoms with Crippen molar-refractivity contribution < 1.29 is 22.4 Å². The van der Waals surface area contributed by atoms with Crippen LogP contribution in [0, 0.1) is 17.1 Å². The second-order valence-electron chi connectivity index (χ2n) is 7.01. The molecule has 0 saturated carbocycles. The quantitative estimate of drug-likeness (QED) is 0.539. The summed E-state index contributed by atoms with van der Waals surface area (Å²) in [5.41, 5.74) is -1.36. The Kier molecular flexibility index (Phi) is 6.91. The number of nitriles is 1. The molecule has 1 N–H and O–H groups in total. The molecule has 0 aliphatic heterocycles. The lowest BCUT2D eigenvalue weighted by Crippen LogP contribution is -2.42. The number of hydrogen-bond acceptors (Lipinski definition) is 6. The van der Waals surface area contributed by atoms with Gasteiger partial charge in [-0.3, -0.25) is 4.79 Å². The third kappa shape index (κ3) is 5.08. The third-order valence-electron chi connectivity index (χ3n) is 4.87. The van der Waals surface area contributed by atoms with E-state index in [1.54, 1.807) is 19.9 Å². The van der Waals surface area contributed by atoms with E-state index in [0.717, 1.165) is 4.80 Å². The van der Waals surface area contributed by atoms with Crippen molar-refractivity contribution in [3.63, 3.8) is 0 Å². The van der Waals surface area contributed by atoms with Gasteiger partial charge in [0.2, 0.25) is 0 Å². The van der Waals surface area contributed by atoms with Gasteiger partial charge in [0, 0.05) is 25.3 Å². The van der Waals surface area contributed by atoms with Crippen molar-refractivity contribution >= 4 is 11.7 Å². The fraction of sp³-hybridized carbons (Fsp3) is 0.286. The number of likely N-dealkylation sites (N-methyl/N-ethyl adjacent to an activating group) is 1. The smallest absolute Gasteiger partial charge is 0.367 e. The van der Waals surface area contributed by atoms with E-state index in [0.29, 0.717) is 12.3 Å². The zero-order valence-corrected chi connectivity index (χ0v) is 17.6. The van der Waals surface area contributed by atoms with Crippen LogP contribution in [0.15, 0.2) is 42.9 Å². The molecule has 2 heterocycles. The van der Waals surface area contributed by atoms with Gasteiger partial charge < -0.3 is 10.2 Å². The Morgan fingerprint density at radius 1 is 1.30 bits per heavy atom. The summed E-state index contributed by atoms with van der Waals surface area (Å²) in [6.07, 6.45) is -1.28. The summed E-state index contributed by atoms with van der Waals surface area (Å²) >= 11 is 0. The zero-order chi connectivity index (χ0) is 24.2. The molecule has 2 aromatic heterocycles. The Morgan fingerprint density at radius 2 is 2.00 bits per heavy atom. The molecule has 1 amide bonds. The van der Waals surface area contributed by atoms with Gasteiger partial charge in [-0.25, -0.2) is 9.37 Å². The van der Waals surface area contributed by atoms with Gasteiger partial charge in [0.15, 0.2) is 5.82 Å². The highest BCUT2D eigenvalue weighted by molar-refractivity contribution is 5.98. The average Bonchev–Trinajstić information content (AvgIpc) is 3.31. The first-order valence-electron chi connectivity index (χ1n) is 9.84. The van der Waals surface area contributed by atoms with Gasteiger partial charge >= 0.3 is 6.18 Å². The maximum atomic E-state index is 14.5. The number of amides is 1. The van der Waals surface area contributed by atoms with E-state index in [9.17, 15) is 27.6 Å². The monoisotopic (exact) mass is 461 g/mol. The summed E-state index contributed by atoms with van der Waals surface area (Å²) in [6.45, 7) is 3.78. The first-order chi connectivity index (χ1) is 15.7. The molecule has 1 aromatic carbocycles. The number of nitrogens with one attached hydrogen (secondary N) is 1. The number of aromatic nitrogens is 4. The Morgan fingerprint density at radius 3 is 2.61 bits per heavy atom. The van der Waals surface area contributed by atoms with E-state index >= 15 is 0 Å². The van der Waals surface area contributed by atoms with Gasteiger partial charge in [-0.2, -0.15) is 28.6 Å². The van der Waals surface area contributed by atoms with Crippen LogP contribution >= 0.6 is 0 Å². The Bertz CT molecular complexity index is 1170. The standard InChI is InChI=1S/C21H19F4N7O/c1-3-31(20(33)16-5-4-6-17(22)18(16)32-29-7-8-30-32)13(2)11-27-19-14(10-26)9-15(12-28-19)21(23,24)25/h4-9,12-13H,3,11H2,1-2H3,(H,27,28)/t13-/m0/s1. The van der Waals surface area contributed by atoms with E-state index in [-0.39, 0.29) is 35.7 Å². The molecule has 1 atom stereocenters. The van der Waals surface area contributed by atoms with Gasteiger partial charge in [0.1, 0.15) is 17.6 Å². The lowest BCUT2D eigenvalue weighted by molar-refractivity contribution is -0.137. The van der Waals surface area contributed by atoms with Crippen molar-refractivity contribution in [1.29, 1.82) is 5.26 Å². The minimum absolute atomic E-state index is 0.0342. The summed E-state index contributed by atoms with van der Waals surface area (Å²) in [5.74, 6) is -1.20. The number of carbonyl (C=O) groups excluding carboxylic acids is 1. The molecule has 172 valence electrons. The van der Waals surface area contributed by atoms with Crippen LogP contribution in [0.2, 0.25) is 0 Å². The van der Waals surface area contributed by atoms with Gasteiger partial charge in [-0.05, 0) is 32.0 Å². The van der Waals surface area contributed by atoms with Crippen molar-refractivity contribution in [1.82, 2.24) is 24.9 Å². The molecule has 0 unspecified atom stereocenters. The maximum Gasteiger partial charge on any atom is 0.417 e. The van der Waals surface area contributed by atoms with E-state index in [4.69, 9.17) is 0 Å². The number of halogens is 4. The van der Waals surface area contributed by atoms with Crippen molar-refractivity contribution in [2.24, 2.45) is 0 Å². The maximum absolute atomic E-state index is 14.5. The first kappa shape index (κ1) is 23.6. The van der Waals surface area contributed by atoms with Crippen LogP contribution in [-0.2, 0) is 6.18 Å². The van der Waals surface area contributed by atoms with Crippen LogP contribution < -0.4 is 5.32 Å². The molecular formula is C21H19F4N7O. The topological polar surface area (TPSA) is 99.7 Å². The number of pyridine rings is 1. The minimum Gasteiger partial charge on any atom is -0.367 e. The molecule has 0 bridgehead atoms. The van der Waals surface area contributed by atoms with E-state index in [1.165, 1.54) is 35.5 Å². The van der Waals surface area contributed by atoms with E-state index in [1.807, 2.05) is 0 Å². The second-order valence-corrected chi connectivity index (χ2v) is 7.01. The number of para-hydroxylation sites is 1. The predicted octanol–water partition coefficient (Wildman–Crippen LogP) is 3.65. The molecule has 0 saturated heterocycles. The molecule has 3 rings (SSSR count). The van der Waals surface area contributed by atoms with Crippen molar-refractivity contribution in [3.05, 3.63) is 65.4 Å². The highest BCUT2D eigenvalue weighted by Gasteiger charge is 2.32. The SMILES string of the molecule is CCN(C(=O)c1cccc(F)c1-n1nccn1)[C@@H](C)CNc1ncc(C(F)(F)F)cc1C#N. The van der Waals surface area contributed by atoms with Gasteiger partial charge in [-0.15, -0.1) is 4.80 Å². The lowest BCUT2D eigenvalue weighted by Gasteiger charge is -2.29. The summed E-state index contributed by atoms with van der Waals surface area (Å²) in [4.78, 5) is 19.4. The highest BCUT2D eigenvalue weighted by Crippen LogP contribution is 2.30. The Balaban J connectivity index is 1.81. The van der Waals surface area contributed by atoms with Crippen LogP contribution in [0.1, 0.15) is 35.3 Å². The van der Waals surface area contributed by atoms with Crippen molar-refractivity contribution in [3.8, 4) is 11.8 Å². The molecule has 12 heteroatoms. The number of anilines is 1. The van der Waals surface area contributed by atoms with Crippen LogP contribution in [-0.4, -0.2) is 49.9 Å². The summed E-state index contributed by atoms with van der Waals surface area (Å²) in [7, 11) is 0. The van der Waals surface area contributed by atoms with Crippen LogP contribution in [0.4, 0.5) is 23.4 Å². The molecule has 0 radical (unpaired) electrons. The third-order valence-corrected chi connectivity index (χ3v) is 4.87. The lowest BCUT2D eigenvalue weighted by atomic mass is 10.1. The number of carbonyl (C=O) groups is 1. The molecule has 0 aliphatic carbocycles. The molecule has 0 aliphatic rings. The van der Waals surface area contributed by atoms with E-state index in [2.05, 4.69) is 20.5 Å². The molecular weight excluding hydrogens is 442 g/mol. The fourth-order valence-electron chi connectivity index (χ4n) is 3.23. The largest absolute Gasteiger partial charge is 0.417 e. The van der Waals surface area contributed by atoms with E-state index < -0.39 is 29.5 Å². The predicted molar refractivity (Wildman–Crippen MR) is 110 cm³/mol. The van der Waals surface area contributed by atoms with Crippen molar-refractivity contribution in [2.75, 3.05) is 18.4 Å². The average molecular weight is 461 g/mol. The summed E-state index contributed by atoms with van der Waals surface area (Å²) in [5, 5.41) is 19.8. The zero-order valence-electron chi connectivity index (χ0n) is 17.6. The van der Waals surface area contributed by atoms with Gasteiger partial charge in [0.25, 0.3) is 5.91 Å². The first-order valence-corrected chi connectivity index (χ1v) is 9.84. The van der Waals surface area contributed by atoms with Gasteiger partial charge in [0.05, 0.1) is 29.1 Å². The normalized spacial score (nSPS) is 12.2. The summed E-state index contributed by atoms with van der Waals surface area (Å²) < 4.78 is 53.1. The Hall–Kier alpha value is -4.01. The van der Waals surface area contributed by atoms with Crippen LogP contribution in [0.25, 0.3) is 5.69 Å². The number of nitrogens with zero attached hydrogens (tertiary/aromatic N) is 6. The molecule has 0 fully saturated rings. The highest BCUT2D eigenvalue weighted by atomic mass is 19.4. The molecule has 33 heavy (non-hydrogen) atoms. The molecule has 8 nitrogen and oxygen atoms in total. The van der Waals surface area contributed by atoms with Crippen molar-refractivity contribution in [2.45, 2.75) is 26.1 Å². The number of benzene rings is 1.